The highest BCUT2D eigenvalue weighted by molar-refractivity contribution is 5.10. The van der Waals surface area contributed by atoms with E-state index in [1.165, 1.54) is 45.4 Å². The van der Waals surface area contributed by atoms with E-state index in [-0.39, 0.29) is 0 Å². The van der Waals surface area contributed by atoms with E-state index in [0.29, 0.717) is 0 Å². The van der Waals surface area contributed by atoms with Crippen molar-refractivity contribution >= 4 is 0 Å². The first-order valence-corrected chi connectivity index (χ1v) is 6.78. The van der Waals surface area contributed by atoms with Crippen molar-refractivity contribution in [1.82, 2.24) is 9.80 Å². The van der Waals surface area contributed by atoms with Crippen LogP contribution in [0.15, 0.2) is 11.6 Å². The van der Waals surface area contributed by atoms with Crippen molar-refractivity contribution in [2.75, 3.05) is 33.2 Å². The summed E-state index contributed by atoms with van der Waals surface area (Å²) in [6.45, 7) is 9.68. The lowest BCUT2D eigenvalue weighted by atomic mass is 9.88. The predicted molar refractivity (Wildman–Crippen MR) is 69.6 cm³/mol. The molecule has 0 radical (unpaired) electrons. The van der Waals surface area contributed by atoms with Crippen LogP contribution in [0.1, 0.15) is 33.1 Å². The van der Waals surface area contributed by atoms with E-state index >= 15 is 0 Å². The molecule has 1 aliphatic heterocycles. The summed E-state index contributed by atoms with van der Waals surface area (Å²) in [5, 5.41) is 0. The molecule has 1 unspecified atom stereocenters. The van der Waals surface area contributed by atoms with Crippen molar-refractivity contribution in [1.29, 1.82) is 0 Å². The van der Waals surface area contributed by atoms with E-state index in [1.807, 2.05) is 0 Å². The highest BCUT2D eigenvalue weighted by Crippen LogP contribution is 2.27. The first kappa shape index (κ1) is 12.1. The van der Waals surface area contributed by atoms with E-state index in [9.17, 15) is 0 Å². The van der Waals surface area contributed by atoms with E-state index in [0.717, 1.165) is 12.0 Å². The lowest BCUT2D eigenvalue weighted by Gasteiger charge is -2.39. The second-order valence-corrected chi connectivity index (χ2v) is 5.70. The van der Waals surface area contributed by atoms with Gasteiger partial charge in [0.15, 0.2) is 0 Å². The summed E-state index contributed by atoms with van der Waals surface area (Å²) >= 11 is 0. The molecule has 1 fully saturated rings. The normalized spacial score (nSPS) is 29.5. The molecule has 0 aromatic rings. The van der Waals surface area contributed by atoms with Gasteiger partial charge in [-0.3, -0.25) is 4.90 Å². The Morgan fingerprint density at radius 1 is 1.19 bits per heavy atom. The van der Waals surface area contributed by atoms with Crippen LogP contribution in [-0.4, -0.2) is 49.1 Å². The van der Waals surface area contributed by atoms with Gasteiger partial charge in [-0.2, -0.15) is 0 Å². The molecule has 0 aromatic carbocycles. The van der Waals surface area contributed by atoms with Gasteiger partial charge in [0, 0.05) is 32.2 Å². The second-order valence-electron chi connectivity index (χ2n) is 5.70. The summed E-state index contributed by atoms with van der Waals surface area (Å²) in [6.07, 6.45) is 6.51. The largest absolute Gasteiger partial charge is 0.304 e. The summed E-state index contributed by atoms with van der Waals surface area (Å²) < 4.78 is 0. The molecule has 92 valence electrons. The molecule has 2 nitrogen and oxygen atoms in total. The van der Waals surface area contributed by atoms with Crippen molar-refractivity contribution in [3.8, 4) is 0 Å². The zero-order valence-corrected chi connectivity index (χ0v) is 11.1. The van der Waals surface area contributed by atoms with E-state index in [2.05, 4.69) is 36.8 Å². The molecule has 2 heteroatoms. The lowest BCUT2D eigenvalue weighted by molar-refractivity contribution is 0.105. The molecule has 2 aliphatic rings. The minimum atomic E-state index is 0.758. The molecule has 0 spiro atoms. The Kier molecular flexibility index (Phi) is 4.04. The highest BCUT2D eigenvalue weighted by Gasteiger charge is 2.24. The molecule has 1 saturated heterocycles. The predicted octanol–water partition coefficient (Wildman–Crippen LogP) is 2.37. The monoisotopic (exact) mass is 222 g/mol. The lowest BCUT2D eigenvalue weighted by Crippen LogP contribution is -2.49. The maximum Gasteiger partial charge on any atom is 0.0134 e. The van der Waals surface area contributed by atoms with Crippen LogP contribution in [0.5, 0.6) is 0 Å². The van der Waals surface area contributed by atoms with Gasteiger partial charge in [-0.05, 0) is 32.2 Å². The molecular weight excluding hydrogens is 196 g/mol. The van der Waals surface area contributed by atoms with Gasteiger partial charge in [-0.1, -0.05) is 25.5 Å². The maximum absolute atomic E-state index is 2.70. The van der Waals surface area contributed by atoms with Crippen LogP contribution in [0.3, 0.4) is 0 Å². The first-order chi connectivity index (χ1) is 7.66. The number of hydrogen-bond acceptors (Lipinski definition) is 2. The summed E-state index contributed by atoms with van der Waals surface area (Å²) in [5.41, 5.74) is 1.69. The molecule has 0 aromatic heterocycles. The van der Waals surface area contributed by atoms with Crippen LogP contribution in [0.4, 0.5) is 0 Å². The molecule has 0 bridgehead atoms. The fourth-order valence-corrected chi connectivity index (χ4v) is 2.88. The van der Waals surface area contributed by atoms with Crippen LogP contribution in [0.25, 0.3) is 0 Å². The quantitative estimate of drug-likeness (QED) is 0.662. The Bertz CT molecular complexity index is 249. The zero-order chi connectivity index (χ0) is 11.5. The number of likely N-dealkylation sites (N-methyl/N-ethyl adjacent to an activating group) is 1. The van der Waals surface area contributed by atoms with E-state index in [1.54, 1.807) is 5.57 Å². The smallest absolute Gasteiger partial charge is 0.0134 e. The summed E-state index contributed by atoms with van der Waals surface area (Å²) in [4.78, 5) is 5.14. The minimum absolute atomic E-state index is 0.758. The van der Waals surface area contributed by atoms with Crippen molar-refractivity contribution in [2.24, 2.45) is 5.92 Å². The van der Waals surface area contributed by atoms with Gasteiger partial charge in [0.25, 0.3) is 0 Å². The van der Waals surface area contributed by atoms with Gasteiger partial charge in [-0.25, -0.2) is 0 Å². The standard InChI is InChI=1S/C14H26N2/c1-12(2)13-4-6-14(7-5-13)16-10-8-15(3)9-11-16/h4,12,14H,5-11H2,1-3H3. The van der Waals surface area contributed by atoms with Gasteiger partial charge in [-0.15, -0.1) is 0 Å². The van der Waals surface area contributed by atoms with Gasteiger partial charge in [0.2, 0.25) is 0 Å². The Balaban J connectivity index is 1.85. The van der Waals surface area contributed by atoms with Gasteiger partial charge in [0.1, 0.15) is 0 Å². The third-order valence-electron chi connectivity index (χ3n) is 4.21. The third kappa shape index (κ3) is 2.86. The molecule has 0 N–H and O–H groups in total. The number of piperazine rings is 1. The van der Waals surface area contributed by atoms with Crippen LogP contribution < -0.4 is 0 Å². The maximum atomic E-state index is 2.70. The SMILES string of the molecule is CC(C)C1=CCC(N2CCN(C)CC2)CC1. The molecule has 1 heterocycles. The number of hydrogen-bond donors (Lipinski definition) is 0. The summed E-state index contributed by atoms with van der Waals surface area (Å²) in [5.74, 6) is 0.758. The van der Waals surface area contributed by atoms with Crippen LogP contribution >= 0.6 is 0 Å². The Morgan fingerprint density at radius 3 is 2.38 bits per heavy atom. The number of allylic oxidation sites excluding steroid dienone is 1. The molecule has 2 rings (SSSR count). The van der Waals surface area contributed by atoms with Gasteiger partial charge < -0.3 is 4.90 Å². The summed E-state index contributed by atoms with van der Waals surface area (Å²) in [7, 11) is 2.23. The first-order valence-electron chi connectivity index (χ1n) is 6.78. The van der Waals surface area contributed by atoms with Crippen LogP contribution in [-0.2, 0) is 0 Å². The number of rotatable bonds is 2. The van der Waals surface area contributed by atoms with Crippen molar-refractivity contribution in [2.45, 2.75) is 39.2 Å². The van der Waals surface area contributed by atoms with Crippen molar-refractivity contribution in [3.63, 3.8) is 0 Å². The fourth-order valence-electron chi connectivity index (χ4n) is 2.88. The second kappa shape index (κ2) is 5.33. The topological polar surface area (TPSA) is 6.48 Å². The third-order valence-corrected chi connectivity index (χ3v) is 4.21. The minimum Gasteiger partial charge on any atom is -0.304 e. The molecule has 16 heavy (non-hydrogen) atoms. The average molecular weight is 222 g/mol. The summed E-state index contributed by atoms with van der Waals surface area (Å²) in [6, 6.07) is 0.830. The Hall–Kier alpha value is -0.340. The highest BCUT2D eigenvalue weighted by atomic mass is 15.3. The fraction of sp³-hybridized carbons (Fsp3) is 0.857. The zero-order valence-electron chi connectivity index (χ0n) is 11.1. The van der Waals surface area contributed by atoms with Gasteiger partial charge >= 0.3 is 0 Å². The van der Waals surface area contributed by atoms with Crippen molar-refractivity contribution < 1.29 is 0 Å². The Morgan fingerprint density at radius 2 is 1.88 bits per heavy atom. The Labute approximate surface area is 100 Å². The molecule has 1 aliphatic carbocycles. The van der Waals surface area contributed by atoms with Gasteiger partial charge in [0.05, 0.1) is 0 Å². The molecule has 0 saturated carbocycles. The van der Waals surface area contributed by atoms with Crippen LogP contribution in [0, 0.1) is 5.92 Å². The average Bonchev–Trinajstić information content (AvgIpc) is 2.30. The number of nitrogens with zero attached hydrogens (tertiary/aromatic N) is 2. The molecular formula is C14H26N2. The molecule has 0 amide bonds. The molecule has 1 atom stereocenters. The van der Waals surface area contributed by atoms with E-state index in [4.69, 9.17) is 0 Å². The van der Waals surface area contributed by atoms with Crippen LogP contribution in [0.2, 0.25) is 0 Å². The van der Waals surface area contributed by atoms with E-state index < -0.39 is 0 Å². The van der Waals surface area contributed by atoms with Crippen molar-refractivity contribution in [3.05, 3.63) is 11.6 Å².